The summed E-state index contributed by atoms with van der Waals surface area (Å²) < 4.78 is 5.87. The molecule has 0 radical (unpaired) electrons. The summed E-state index contributed by atoms with van der Waals surface area (Å²) in [6.45, 7) is 6.52. The van der Waals surface area contributed by atoms with E-state index in [0.29, 0.717) is 30.0 Å². The Morgan fingerprint density at radius 1 is 0.912 bits per heavy atom. The quantitative estimate of drug-likeness (QED) is 0.415. The largest absolute Gasteiger partial charge is 0.489 e. The van der Waals surface area contributed by atoms with Crippen molar-refractivity contribution in [3.05, 3.63) is 100 Å². The zero-order valence-electron chi connectivity index (χ0n) is 19.4. The molecule has 3 aromatic carbocycles. The third-order valence-electron chi connectivity index (χ3n) is 5.88. The van der Waals surface area contributed by atoms with Gasteiger partial charge < -0.3 is 4.74 Å². The van der Waals surface area contributed by atoms with Gasteiger partial charge in [-0.15, -0.1) is 0 Å². The molecule has 1 saturated heterocycles. The third kappa shape index (κ3) is 4.76. The number of anilines is 1. The summed E-state index contributed by atoms with van der Waals surface area (Å²) in [4.78, 5) is 39.1. The van der Waals surface area contributed by atoms with Crippen LogP contribution in [0.2, 0.25) is 0 Å². The van der Waals surface area contributed by atoms with E-state index >= 15 is 0 Å². The minimum absolute atomic E-state index is 0.102. The zero-order valence-corrected chi connectivity index (χ0v) is 19.4. The summed E-state index contributed by atoms with van der Waals surface area (Å²) in [5.41, 5.74) is 5.39. The van der Waals surface area contributed by atoms with Gasteiger partial charge in [0, 0.05) is 0 Å². The van der Waals surface area contributed by atoms with Gasteiger partial charge in [-0.05, 0) is 72.4 Å². The standard InChI is InChI=1S/C28H26N2O4/c1-4-22-7-5-6-8-25(22)30-27(32)24(26(31)29-28(30)33)16-20-11-13-23(14-12-20)34-17-21-10-9-18(2)19(3)15-21/h5-16H,4,17H2,1-3H3,(H,29,31,33)/b24-16-. The first-order chi connectivity index (χ1) is 16.4. The second kappa shape index (κ2) is 9.75. The summed E-state index contributed by atoms with van der Waals surface area (Å²) in [6, 6.07) is 19.7. The van der Waals surface area contributed by atoms with Crippen molar-refractivity contribution in [3.63, 3.8) is 0 Å². The summed E-state index contributed by atoms with van der Waals surface area (Å²) in [5.74, 6) is -0.687. The molecular weight excluding hydrogens is 428 g/mol. The lowest BCUT2D eigenvalue weighted by molar-refractivity contribution is -0.122. The number of nitrogens with zero attached hydrogens (tertiary/aromatic N) is 1. The molecule has 0 aliphatic carbocycles. The number of urea groups is 1. The van der Waals surface area contributed by atoms with Crippen LogP contribution in [0.3, 0.4) is 0 Å². The number of benzene rings is 3. The van der Waals surface area contributed by atoms with E-state index in [4.69, 9.17) is 4.74 Å². The first kappa shape index (κ1) is 23.0. The maximum atomic E-state index is 13.1. The molecule has 6 heteroatoms. The smallest absolute Gasteiger partial charge is 0.335 e. The molecule has 0 saturated carbocycles. The first-order valence-corrected chi connectivity index (χ1v) is 11.2. The molecule has 0 atom stereocenters. The van der Waals surface area contributed by atoms with Gasteiger partial charge in [-0.1, -0.05) is 55.5 Å². The normalized spacial score (nSPS) is 15.0. The topological polar surface area (TPSA) is 75.7 Å². The average Bonchev–Trinajstić information content (AvgIpc) is 2.83. The second-order valence-electron chi connectivity index (χ2n) is 8.22. The maximum Gasteiger partial charge on any atom is 0.335 e. The van der Waals surface area contributed by atoms with E-state index in [1.807, 2.05) is 25.1 Å². The number of rotatable bonds is 6. The highest BCUT2D eigenvalue weighted by Gasteiger charge is 2.37. The summed E-state index contributed by atoms with van der Waals surface area (Å²) >= 11 is 0. The lowest BCUT2D eigenvalue weighted by Crippen LogP contribution is -2.54. The maximum absolute atomic E-state index is 13.1. The van der Waals surface area contributed by atoms with Gasteiger partial charge in [-0.25, -0.2) is 9.69 Å². The van der Waals surface area contributed by atoms with Crippen LogP contribution in [0.15, 0.2) is 72.3 Å². The van der Waals surface area contributed by atoms with Crippen LogP contribution >= 0.6 is 0 Å². The molecule has 6 nitrogen and oxygen atoms in total. The van der Waals surface area contributed by atoms with E-state index in [-0.39, 0.29) is 5.57 Å². The van der Waals surface area contributed by atoms with E-state index in [1.54, 1.807) is 36.4 Å². The number of carbonyl (C=O) groups excluding carboxylic acids is 3. The number of para-hydroxylation sites is 1. The Labute approximate surface area is 198 Å². The monoisotopic (exact) mass is 454 g/mol. The summed E-state index contributed by atoms with van der Waals surface area (Å²) in [6.07, 6.45) is 2.13. The zero-order chi connectivity index (χ0) is 24.2. The van der Waals surface area contributed by atoms with E-state index in [9.17, 15) is 14.4 Å². The molecular formula is C28H26N2O4. The van der Waals surface area contributed by atoms with Crippen LogP contribution in [-0.4, -0.2) is 17.8 Å². The van der Waals surface area contributed by atoms with Crippen molar-refractivity contribution in [2.75, 3.05) is 4.90 Å². The van der Waals surface area contributed by atoms with Gasteiger partial charge in [0.1, 0.15) is 17.9 Å². The van der Waals surface area contributed by atoms with Crippen LogP contribution in [-0.2, 0) is 22.6 Å². The van der Waals surface area contributed by atoms with Crippen molar-refractivity contribution in [2.24, 2.45) is 0 Å². The highest BCUT2D eigenvalue weighted by Crippen LogP contribution is 2.26. The van der Waals surface area contributed by atoms with Gasteiger partial charge in [0.25, 0.3) is 11.8 Å². The molecule has 0 spiro atoms. The molecule has 34 heavy (non-hydrogen) atoms. The number of amides is 4. The van der Waals surface area contributed by atoms with Crippen LogP contribution < -0.4 is 15.0 Å². The van der Waals surface area contributed by atoms with E-state index in [1.165, 1.54) is 17.2 Å². The molecule has 0 aromatic heterocycles. The molecule has 1 heterocycles. The lowest BCUT2D eigenvalue weighted by Gasteiger charge is -2.27. The van der Waals surface area contributed by atoms with Gasteiger partial charge >= 0.3 is 6.03 Å². The lowest BCUT2D eigenvalue weighted by atomic mass is 10.0. The molecule has 0 unspecified atom stereocenters. The number of aryl methyl sites for hydroxylation is 3. The second-order valence-corrected chi connectivity index (χ2v) is 8.22. The molecule has 1 N–H and O–H groups in total. The Kier molecular flexibility index (Phi) is 6.59. The summed E-state index contributed by atoms with van der Waals surface area (Å²) in [7, 11) is 0. The van der Waals surface area contributed by atoms with E-state index in [2.05, 4.69) is 31.3 Å². The molecule has 1 aliphatic heterocycles. The Morgan fingerprint density at radius 3 is 2.35 bits per heavy atom. The molecule has 1 aliphatic rings. The van der Waals surface area contributed by atoms with Crippen LogP contribution in [0, 0.1) is 13.8 Å². The van der Waals surface area contributed by atoms with Crippen molar-refractivity contribution < 1.29 is 19.1 Å². The predicted molar refractivity (Wildman–Crippen MR) is 132 cm³/mol. The van der Waals surface area contributed by atoms with Crippen LogP contribution in [0.1, 0.15) is 34.7 Å². The highest BCUT2D eigenvalue weighted by molar-refractivity contribution is 6.39. The number of barbiturate groups is 1. The Hall–Kier alpha value is -4.19. The van der Waals surface area contributed by atoms with Crippen molar-refractivity contribution in [1.82, 2.24) is 5.32 Å². The minimum atomic E-state index is -0.747. The molecule has 4 rings (SSSR count). The molecule has 172 valence electrons. The molecule has 4 amide bonds. The highest BCUT2D eigenvalue weighted by atomic mass is 16.5. The SMILES string of the molecule is CCc1ccccc1N1C(=O)NC(=O)/C(=C/c2ccc(OCc3ccc(C)c(C)c3)cc2)C1=O. The van der Waals surface area contributed by atoms with Crippen LogP contribution in [0.25, 0.3) is 6.08 Å². The average molecular weight is 455 g/mol. The minimum Gasteiger partial charge on any atom is -0.489 e. The third-order valence-corrected chi connectivity index (χ3v) is 5.88. The fourth-order valence-electron chi connectivity index (χ4n) is 3.79. The van der Waals surface area contributed by atoms with Crippen molar-refractivity contribution >= 4 is 29.6 Å². The summed E-state index contributed by atoms with van der Waals surface area (Å²) in [5, 5.41) is 2.27. The molecule has 0 bridgehead atoms. The van der Waals surface area contributed by atoms with E-state index in [0.717, 1.165) is 16.0 Å². The Morgan fingerprint density at radius 2 is 1.65 bits per heavy atom. The number of imide groups is 2. The first-order valence-electron chi connectivity index (χ1n) is 11.2. The van der Waals surface area contributed by atoms with Gasteiger partial charge in [0.05, 0.1) is 5.69 Å². The van der Waals surface area contributed by atoms with Crippen molar-refractivity contribution in [1.29, 1.82) is 0 Å². The Balaban J connectivity index is 1.53. The fourth-order valence-corrected chi connectivity index (χ4v) is 3.79. The van der Waals surface area contributed by atoms with Crippen LogP contribution in [0.5, 0.6) is 5.75 Å². The van der Waals surface area contributed by atoms with Gasteiger partial charge in [-0.2, -0.15) is 0 Å². The number of hydrogen-bond donors (Lipinski definition) is 1. The fraction of sp³-hybridized carbons (Fsp3) is 0.179. The van der Waals surface area contributed by atoms with Crippen LogP contribution in [0.4, 0.5) is 10.5 Å². The number of ether oxygens (including phenoxy) is 1. The van der Waals surface area contributed by atoms with Gasteiger partial charge in [0.2, 0.25) is 0 Å². The van der Waals surface area contributed by atoms with Crippen molar-refractivity contribution in [3.8, 4) is 5.75 Å². The number of nitrogens with one attached hydrogen (secondary N) is 1. The van der Waals surface area contributed by atoms with Gasteiger partial charge in [-0.3, -0.25) is 14.9 Å². The number of carbonyl (C=O) groups is 3. The van der Waals surface area contributed by atoms with Gasteiger partial charge in [0.15, 0.2) is 0 Å². The number of hydrogen-bond acceptors (Lipinski definition) is 4. The van der Waals surface area contributed by atoms with E-state index < -0.39 is 17.8 Å². The molecule has 3 aromatic rings. The predicted octanol–water partition coefficient (Wildman–Crippen LogP) is 5.11. The van der Waals surface area contributed by atoms with Crippen molar-refractivity contribution in [2.45, 2.75) is 33.8 Å². The molecule has 1 fully saturated rings. The Bertz CT molecular complexity index is 1290.